The quantitative estimate of drug-likeness (QED) is 0.615. The number of likely N-dealkylation sites (N-methyl/N-ethyl adjacent to an activating group) is 1. The molecular formula is C10H17NO3. The third-order valence-electron chi connectivity index (χ3n) is 2.25. The Morgan fingerprint density at radius 3 is 2.43 bits per heavy atom. The summed E-state index contributed by atoms with van der Waals surface area (Å²) in [6.07, 6.45) is 1.94. The van der Waals surface area contributed by atoms with Crippen LogP contribution in [0.5, 0.6) is 0 Å². The lowest BCUT2D eigenvalue weighted by Crippen LogP contribution is -2.37. The van der Waals surface area contributed by atoms with Gasteiger partial charge in [-0.1, -0.05) is 0 Å². The van der Waals surface area contributed by atoms with Crippen molar-refractivity contribution in [2.24, 2.45) is 5.92 Å². The largest absolute Gasteiger partial charge is 0.465 e. The van der Waals surface area contributed by atoms with Gasteiger partial charge in [-0.3, -0.25) is 9.59 Å². The molecule has 0 atom stereocenters. The topological polar surface area (TPSA) is 46.6 Å². The van der Waals surface area contributed by atoms with E-state index in [-0.39, 0.29) is 24.3 Å². The summed E-state index contributed by atoms with van der Waals surface area (Å²) in [6, 6.07) is 0. The molecule has 1 aliphatic rings. The van der Waals surface area contributed by atoms with E-state index in [1.54, 1.807) is 11.8 Å². The third kappa shape index (κ3) is 3.01. The highest BCUT2D eigenvalue weighted by atomic mass is 16.5. The number of amides is 1. The summed E-state index contributed by atoms with van der Waals surface area (Å²) in [5.74, 6) is -0.0479. The van der Waals surface area contributed by atoms with Gasteiger partial charge in [0, 0.05) is 12.5 Å². The molecule has 1 aliphatic carbocycles. The highest BCUT2D eigenvalue weighted by Gasteiger charge is 2.33. The molecule has 1 saturated carbocycles. The summed E-state index contributed by atoms with van der Waals surface area (Å²) in [6.45, 7) is 4.68. The molecule has 1 rings (SSSR count). The van der Waals surface area contributed by atoms with Crippen LogP contribution in [0.1, 0.15) is 26.7 Å². The van der Waals surface area contributed by atoms with E-state index < -0.39 is 0 Å². The lowest BCUT2D eigenvalue weighted by atomic mass is 10.3. The monoisotopic (exact) mass is 199 g/mol. The molecule has 0 radical (unpaired) electrons. The third-order valence-corrected chi connectivity index (χ3v) is 2.25. The van der Waals surface area contributed by atoms with Gasteiger partial charge < -0.3 is 9.64 Å². The molecular weight excluding hydrogens is 182 g/mol. The van der Waals surface area contributed by atoms with E-state index in [1.807, 2.05) is 6.92 Å². The van der Waals surface area contributed by atoms with Crippen LogP contribution in [0.25, 0.3) is 0 Å². The van der Waals surface area contributed by atoms with Crippen LogP contribution in [-0.4, -0.2) is 36.5 Å². The SMILES string of the molecule is CCOC(=O)CN(CC)C(=O)C1CC1. The molecule has 0 unspecified atom stereocenters. The molecule has 80 valence electrons. The fourth-order valence-electron chi connectivity index (χ4n) is 1.30. The molecule has 0 aromatic rings. The van der Waals surface area contributed by atoms with Crippen LogP contribution in [0.2, 0.25) is 0 Å². The summed E-state index contributed by atoms with van der Waals surface area (Å²) >= 11 is 0. The van der Waals surface area contributed by atoms with E-state index in [2.05, 4.69) is 0 Å². The van der Waals surface area contributed by atoms with Crippen LogP contribution in [-0.2, 0) is 14.3 Å². The Bertz CT molecular complexity index is 223. The van der Waals surface area contributed by atoms with E-state index >= 15 is 0 Å². The summed E-state index contributed by atoms with van der Waals surface area (Å²) in [5.41, 5.74) is 0. The van der Waals surface area contributed by atoms with Gasteiger partial charge in [0.25, 0.3) is 0 Å². The molecule has 4 nitrogen and oxygen atoms in total. The summed E-state index contributed by atoms with van der Waals surface area (Å²) in [4.78, 5) is 24.3. The molecule has 0 aromatic heterocycles. The second-order valence-electron chi connectivity index (χ2n) is 3.43. The van der Waals surface area contributed by atoms with Crippen molar-refractivity contribution in [2.45, 2.75) is 26.7 Å². The average Bonchev–Trinajstić information content (AvgIpc) is 2.96. The first-order valence-electron chi connectivity index (χ1n) is 5.13. The van der Waals surface area contributed by atoms with Gasteiger partial charge in [-0.05, 0) is 26.7 Å². The van der Waals surface area contributed by atoms with Crippen molar-refractivity contribution in [3.63, 3.8) is 0 Å². The second kappa shape index (κ2) is 4.98. The van der Waals surface area contributed by atoms with Gasteiger partial charge in [0.15, 0.2) is 0 Å². The van der Waals surface area contributed by atoms with Gasteiger partial charge in [-0.2, -0.15) is 0 Å². The zero-order valence-electron chi connectivity index (χ0n) is 8.78. The van der Waals surface area contributed by atoms with E-state index in [0.29, 0.717) is 13.2 Å². The highest BCUT2D eigenvalue weighted by molar-refractivity contribution is 5.85. The number of hydrogen-bond donors (Lipinski definition) is 0. The number of rotatable bonds is 5. The van der Waals surface area contributed by atoms with Crippen LogP contribution < -0.4 is 0 Å². The summed E-state index contributed by atoms with van der Waals surface area (Å²) in [7, 11) is 0. The molecule has 0 spiro atoms. The van der Waals surface area contributed by atoms with Crippen LogP contribution in [0.4, 0.5) is 0 Å². The van der Waals surface area contributed by atoms with E-state index in [4.69, 9.17) is 4.74 Å². The number of carbonyl (C=O) groups excluding carboxylic acids is 2. The summed E-state index contributed by atoms with van der Waals surface area (Å²) < 4.78 is 4.79. The van der Waals surface area contributed by atoms with Crippen molar-refractivity contribution in [3.8, 4) is 0 Å². The number of carbonyl (C=O) groups is 2. The van der Waals surface area contributed by atoms with Gasteiger partial charge in [0.2, 0.25) is 5.91 Å². The van der Waals surface area contributed by atoms with Crippen molar-refractivity contribution in [2.75, 3.05) is 19.7 Å². The number of hydrogen-bond acceptors (Lipinski definition) is 3. The first-order chi connectivity index (χ1) is 6.69. The standard InChI is InChI=1S/C10H17NO3/c1-3-11(7-9(12)14-4-2)10(13)8-5-6-8/h8H,3-7H2,1-2H3. The minimum Gasteiger partial charge on any atom is -0.465 e. The normalized spacial score (nSPS) is 15.0. The molecule has 0 saturated heterocycles. The molecule has 0 heterocycles. The Morgan fingerprint density at radius 2 is 2.00 bits per heavy atom. The van der Waals surface area contributed by atoms with Crippen LogP contribution in [0.15, 0.2) is 0 Å². The zero-order valence-corrected chi connectivity index (χ0v) is 8.78. The molecule has 0 aliphatic heterocycles. The first-order valence-corrected chi connectivity index (χ1v) is 5.13. The molecule has 0 bridgehead atoms. The van der Waals surface area contributed by atoms with Crippen LogP contribution in [0, 0.1) is 5.92 Å². The molecule has 0 aromatic carbocycles. The highest BCUT2D eigenvalue weighted by Crippen LogP contribution is 2.30. The van der Waals surface area contributed by atoms with Crippen molar-refractivity contribution in [1.29, 1.82) is 0 Å². The predicted octanol–water partition coefficient (Wildman–Crippen LogP) is 0.808. The maximum absolute atomic E-state index is 11.6. The summed E-state index contributed by atoms with van der Waals surface area (Å²) in [5, 5.41) is 0. The Hall–Kier alpha value is -1.06. The maximum Gasteiger partial charge on any atom is 0.325 e. The van der Waals surface area contributed by atoms with Crippen molar-refractivity contribution in [3.05, 3.63) is 0 Å². The minimum atomic E-state index is -0.316. The van der Waals surface area contributed by atoms with Gasteiger partial charge in [0.05, 0.1) is 6.61 Å². The van der Waals surface area contributed by atoms with Crippen molar-refractivity contribution < 1.29 is 14.3 Å². The van der Waals surface area contributed by atoms with E-state index in [1.165, 1.54) is 0 Å². The molecule has 14 heavy (non-hydrogen) atoms. The molecule has 0 N–H and O–H groups in total. The van der Waals surface area contributed by atoms with Crippen molar-refractivity contribution >= 4 is 11.9 Å². The number of ether oxygens (including phenoxy) is 1. The number of nitrogens with zero attached hydrogens (tertiary/aromatic N) is 1. The van der Waals surface area contributed by atoms with E-state index in [9.17, 15) is 9.59 Å². The van der Waals surface area contributed by atoms with Crippen molar-refractivity contribution in [1.82, 2.24) is 4.90 Å². The van der Waals surface area contributed by atoms with Crippen LogP contribution in [0.3, 0.4) is 0 Å². The van der Waals surface area contributed by atoms with Gasteiger partial charge in [0.1, 0.15) is 6.54 Å². The van der Waals surface area contributed by atoms with Gasteiger partial charge >= 0.3 is 5.97 Å². The van der Waals surface area contributed by atoms with Gasteiger partial charge in [-0.15, -0.1) is 0 Å². The van der Waals surface area contributed by atoms with Crippen LogP contribution >= 0.6 is 0 Å². The van der Waals surface area contributed by atoms with E-state index in [0.717, 1.165) is 12.8 Å². The molecule has 4 heteroatoms. The fourth-order valence-corrected chi connectivity index (χ4v) is 1.30. The average molecular weight is 199 g/mol. The lowest BCUT2D eigenvalue weighted by molar-refractivity contribution is -0.149. The fraction of sp³-hybridized carbons (Fsp3) is 0.800. The predicted molar refractivity (Wildman–Crippen MR) is 51.6 cm³/mol. The molecule has 1 fully saturated rings. The smallest absolute Gasteiger partial charge is 0.325 e. The first kappa shape index (κ1) is 11.0. The van der Waals surface area contributed by atoms with Gasteiger partial charge in [-0.25, -0.2) is 0 Å². The Morgan fingerprint density at radius 1 is 1.36 bits per heavy atom. The second-order valence-corrected chi connectivity index (χ2v) is 3.43. The maximum atomic E-state index is 11.6. The number of esters is 1. The zero-order chi connectivity index (χ0) is 10.6. The minimum absolute atomic E-state index is 0.0969. The Kier molecular flexibility index (Phi) is 3.92. The lowest BCUT2D eigenvalue weighted by Gasteiger charge is -2.19. The molecule has 1 amide bonds. The Labute approximate surface area is 84.2 Å². The Balaban J connectivity index is 2.37.